The van der Waals surface area contributed by atoms with E-state index in [1.54, 1.807) is 12.1 Å². The summed E-state index contributed by atoms with van der Waals surface area (Å²) in [7, 11) is 0. The molecular weight excluding hydrogens is 210 g/mol. The molecule has 0 saturated carbocycles. The molecule has 0 radical (unpaired) electrons. The van der Waals surface area contributed by atoms with Crippen LogP contribution in [0.15, 0.2) is 42.5 Å². The van der Waals surface area contributed by atoms with Crippen molar-refractivity contribution < 1.29 is 0 Å². The van der Waals surface area contributed by atoms with Crippen LogP contribution in [0.25, 0.3) is 0 Å². The normalized spacial score (nSPS) is 9.65. The van der Waals surface area contributed by atoms with Crippen LogP contribution in [0, 0.1) is 18.3 Å². The lowest BCUT2D eigenvalue weighted by molar-refractivity contribution is 1.42. The molecule has 0 heterocycles. The highest BCUT2D eigenvalue weighted by molar-refractivity contribution is 5.69. The minimum atomic E-state index is 0.492. The lowest BCUT2D eigenvalue weighted by Gasteiger charge is -2.10. The smallest absolute Gasteiger partial charge is 0.101 e. The second-order valence-electron chi connectivity index (χ2n) is 3.85. The van der Waals surface area contributed by atoms with Gasteiger partial charge in [-0.25, -0.2) is 0 Å². The van der Waals surface area contributed by atoms with Gasteiger partial charge >= 0.3 is 0 Å². The molecule has 3 heteroatoms. The third kappa shape index (κ3) is 2.37. The van der Waals surface area contributed by atoms with Gasteiger partial charge in [0.25, 0.3) is 0 Å². The van der Waals surface area contributed by atoms with Crippen LogP contribution in [0.1, 0.15) is 11.1 Å². The molecule has 17 heavy (non-hydrogen) atoms. The monoisotopic (exact) mass is 223 g/mol. The van der Waals surface area contributed by atoms with E-state index < -0.39 is 0 Å². The highest BCUT2D eigenvalue weighted by Gasteiger charge is 2.01. The third-order valence-electron chi connectivity index (χ3n) is 2.60. The first kappa shape index (κ1) is 11.0. The Labute approximate surface area is 101 Å². The molecule has 0 aliphatic carbocycles. The van der Waals surface area contributed by atoms with Crippen LogP contribution >= 0.6 is 0 Å². The van der Waals surface area contributed by atoms with E-state index >= 15 is 0 Å². The number of benzene rings is 2. The molecule has 0 atom stereocenters. The maximum Gasteiger partial charge on any atom is 0.101 e. The molecule has 0 amide bonds. The number of nitrogens with zero attached hydrogens (tertiary/aromatic N) is 1. The molecule has 0 fully saturated rings. The van der Waals surface area contributed by atoms with E-state index in [-0.39, 0.29) is 0 Å². The third-order valence-corrected chi connectivity index (χ3v) is 2.60. The van der Waals surface area contributed by atoms with Crippen molar-refractivity contribution in [1.29, 1.82) is 5.26 Å². The van der Waals surface area contributed by atoms with Gasteiger partial charge in [-0.3, -0.25) is 0 Å². The van der Waals surface area contributed by atoms with Crippen LogP contribution in [-0.4, -0.2) is 0 Å². The summed E-state index contributed by atoms with van der Waals surface area (Å²) in [4.78, 5) is 0. The zero-order chi connectivity index (χ0) is 12.3. The fourth-order valence-corrected chi connectivity index (χ4v) is 1.61. The summed E-state index contributed by atoms with van der Waals surface area (Å²) in [5.74, 6) is 0. The van der Waals surface area contributed by atoms with Gasteiger partial charge in [0.05, 0.1) is 11.3 Å². The fraction of sp³-hybridized carbons (Fsp3) is 0.0714. The molecule has 0 aliphatic heterocycles. The fourth-order valence-electron chi connectivity index (χ4n) is 1.61. The summed E-state index contributed by atoms with van der Waals surface area (Å²) in [6.45, 7) is 2.04. The SMILES string of the molecule is Cc1ccccc1Nc1ccc(C#N)c(N)c1. The zero-order valence-corrected chi connectivity index (χ0v) is 9.57. The van der Waals surface area contributed by atoms with Crippen molar-refractivity contribution in [1.82, 2.24) is 0 Å². The van der Waals surface area contributed by atoms with Gasteiger partial charge in [0, 0.05) is 11.4 Å². The maximum absolute atomic E-state index is 8.79. The van der Waals surface area contributed by atoms with Crippen LogP contribution in [0.3, 0.4) is 0 Å². The number of nitrogens with one attached hydrogen (secondary N) is 1. The van der Waals surface area contributed by atoms with Gasteiger partial charge in [0.2, 0.25) is 0 Å². The Morgan fingerprint density at radius 1 is 1.18 bits per heavy atom. The number of hydrogen-bond donors (Lipinski definition) is 2. The second-order valence-corrected chi connectivity index (χ2v) is 3.85. The van der Waals surface area contributed by atoms with Crippen LogP contribution in [0.5, 0.6) is 0 Å². The van der Waals surface area contributed by atoms with Gasteiger partial charge in [0.15, 0.2) is 0 Å². The lowest BCUT2D eigenvalue weighted by atomic mass is 10.1. The first-order valence-electron chi connectivity index (χ1n) is 5.33. The van der Waals surface area contributed by atoms with Crippen LogP contribution in [-0.2, 0) is 0 Å². The number of rotatable bonds is 2. The Bertz CT molecular complexity index is 582. The van der Waals surface area contributed by atoms with Crippen molar-refractivity contribution in [3.8, 4) is 6.07 Å². The first-order valence-corrected chi connectivity index (χ1v) is 5.33. The first-order chi connectivity index (χ1) is 8.20. The van der Waals surface area contributed by atoms with E-state index in [2.05, 4.69) is 5.32 Å². The van der Waals surface area contributed by atoms with Crippen LogP contribution in [0.4, 0.5) is 17.1 Å². The largest absolute Gasteiger partial charge is 0.398 e. The Hall–Kier alpha value is -2.47. The van der Waals surface area contributed by atoms with E-state index in [1.807, 2.05) is 43.3 Å². The molecule has 0 bridgehead atoms. The molecule has 3 N–H and O–H groups in total. The molecule has 0 unspecified atom stereocenters. The Morgan fingerprint density at radius 3 is 2.59 bits per heavy atom. The summed E-state index contributed by atoms with van der Waals surface area (Å²) >= 11 is 0. The summed E-state index contributed by atoms with van der Waals surface area (Å²) in [6.07, 6.45) is 0. The minimum Gasteiger partial charge on any atom is -0.398 e. The minimum absolute atomic E-state index is 0.492. The number of hydrogen-bond acceptors (Lipinski definition) is 3. The van der Waals surface area contributed by atoms with E-state index in [0.717, 1.165) is 16.9 Å². The quantitative estimate of drug-likeness (QED) is 0.768. The highest BCUT2D eigenvalue weighted by atomic mass is 14.9. The standard InChI is InChI=1S/C14H13N3/c1-10-4-2-3-5-14(10)17-12-7-6-11(9-15)13(16)8-12/h2-8,17H,16H2,1H3. The topological polar surface area (TPSA) is 61.8 Å². The average molecular weight is 223 g/mol. The van der Waals surface area contributed by atoms with Crippen molar-refractivity contribution in [2.75, 3.05) is 11.1 Å². The number of aryl methyl sites for hydroxylation is 1. The van der Waals surface area contributed by atoms with Crippen LogP contribution in [0.2, 0.25) is 0 Å². The molecule has 2 aromatic carbocycles. The number of nitrogens with two attached hydrogens (primary N) is 1. The lowest BCUT2D eigenvalue weighted by Crippen LogP contribution is -1.96. The van der Waals surface area contributed by atoms with Crippen molar-refractivity contribution in [3.05, 3.63) is 53.6 Å². The molecule has 3 nitrogen and oxygen atoms in total. The predicted molar refractivity (Wildman–Crippen MR) is 70.0 cm³/mol. The molecule has 0 saturated heterocycles. The molecule has 2 aromatic rings. The predicted octanol–water partition coefficient (Wildman–Crippen LogP) is 3.19. The molecule has 0 aromatic heterocycles. The number of para-hydroxylation sites is 1. The second kappa shape index (κ2) is 4.58. The van der Waals surface area contributed by atoms with Crippen molar-refractivity contribution in [3.63, 3.8) is 0 Å². The number of nitriles is 1. The molecule has 0 aliphatic rings. The van der Waals surface area contributed by atoms with Crippen molar-refractivity contribution in [2.45, 2.75) is 6.92 Å². The van der Waals surface area contributed by atoms with Gasteiger partial charge in [-0.15, -0.1) is 0 Å². The number of nitrogen functional groups attached to an aromatic ring is 1. The number of anilines is 3. The van der Waals surface area contributed by atoms with Gasteiger partial charge in [0.1, 0.15) is 6.07 Å². The summed E-state index contributed by atoms with van der Waals surface area (Å²) in [6, 6.07) is 15.4. The van der Waals surface area contributed by atoms with E-state index in [4.69, 9.17) is 11.0 Å². The highest BCUT2D eigenvalue weighted by Crippen LogP contribution is 2.23. The summed E-state index contributed by atoms with van der Waals surface area (Å²) < 4.78 is 0. The average Bonchev–Trinajstić information content (AvgIpc) is 2.32. The van der Waals surface area contributed by atoms with Crippen molar-refractivity contribution in [2.24, 2.45) is 0 Å². The Morgan fingerprint density at radius 2 is 1.94 bits per heavy atom. The van der Waals surface area contributed by atoms with Gasteiger partial charge in [-0.05, 0) is 36.8 Å². The van der Waals surface area contributed by atoms with Crippen LogP contribution < -0.4 is 11.1 Å². The van der Waals surface area contributed by atoms with Gasteiger partial charge < -0.3 is 11.1 Å². The summed E-state index contributed by atoms with van der Waals surface area (Å²) in [5, 5.41) is 12.1. The van der Waals surface area contributed by atoms with E-state index in [9.17, 15) is 0 Å². The Kier molecular flexibility index (Phi) is 2.97. The van der Waals surface area contributed by atoms with E-state index in [0.29, 0.717) is 11.3 Å². The molecular formula is C14H13N3. The van der Waals surface area contributed by atoms with Gasteiger partial charge in [-0.2, -0.15) is 5.26 Å². The molecule has 2 rings (SSSR count). The maximum atomic E-state index is 8.79. The Balaban J connectivity index is 2.29. The zero-order valence-electron chi connectivity index (χ0n) is 9.57. The van der Waals surface area contributed by atoms with Gasteiger partial charge in [-0.1, -0.05) is 18.2 Å². The molecule has 84 valence electrons. The van der Waals surface area contributed by atoms with Crippen molar-refractivity contribution >= 4 is 17.1 Å². The summed E-state index contributed by atoms with van der Waals surface area (Å²) in [5.41, 5.74) is 9.84. The van der Waals surface area contributed by atoms with E-state index in [1.165, 1.54) is 0 Å². The molecule has 0 spiro atoms.